The second-order valence-electron chi connectivity index (χ2n) is 5.97. The maximum Gasteiger partial charge on any atom is 0.0236 e. The normalized spacial score (nSPS) is 25.6. The van der Waals surface area contributed by atoms with Crippen molar-refractivity contribution >= 4 is 11.8 Å². The van der Waals surface area contributed by atoms with Gasteiger partial charge in [0.1, 0.15) is 0 Å². The highest BCUT2D eigenvalue weighted by Gasteiger charge is 2.28. The number of piperazine rings is 1. The third kappa shape index (κ3) is 4.51. The minimum absolute atomic E-state index is 0.588. The predicted octanol–water partition coefficient (Wildman–Crippen LogP) is 3.03. The Morgan fingerprint density at radius 1 is 1.35 bits per heavy atom. The lowest BCUT2D eigenvalue weighted by Crippen LogP contribution is -2.58. The molecule has 0 saturated carbocycles. The molecule has 1 saturated heterocycles. The highest BCUT2D eigenvalue weighted by atomic mass is 32.2. The van der Waals surface area contributed by atoms with Gasteiger partial charge in [0.05, 0.1) is 0 Å². The molecule has 2 rings (SSSR count). The van der Waals surface area contributed by atoms with Crippen LogP contribution in [0.15, 0.2) is 30.3 Å². The summed E-state index contributed by atoms with van der Waals surface area (Å²) in [5.74, 6) is 1.27. The molecule has 2 nitrogen and oxygen atoms in total. The van der Waals surface area contributed by atoms with Gasteiger partial charge in [0, 0.05) is 31.2 Å². The monoisotopic (exact) mass is 292 g/mol. The molecule has 20 heavy (non-hydrogen) atoms. The van der Waals surface area contributed by atoms with E-state index in [1.165, 1.54) is 24.3 Å². The van der Waals surface area contributed by atoms with Gasteiger partial charge < -0.3 is 5.32 Å². The molecule has 0 bridgehead atoms. The van der Waals surface area contributed by atoms with Crippen LogP contribution in [0.4, 0.5) is 0 Å². The second-order valence-corrected chi connectivity index (χ2v) is 6.96. The van der Waals surface area contributed by atoms with Crippen LogP contribution in [-0.2, 0) is 6.42 Å². The first-order valence-electron chi connectivity index (χ1n) is 7.72. The summed E-state index contributed by atoms with van der Waals surface area (Å²) in [5, 5.41) is 3.71. The quantitative estimate of drug-likeness (QED) is 0.867. The van der Waals surface area contributed by atoms with Crippen LogP contribution < -0.4 is 5.32 Å². The van der Waals surface area contributed by atoms with Gasteiger partial charge in [-0.25, -0.2) is 0 Å². The van der Waals surface area contributed by atoms with Crippen LogP contribution in [0.1, 0.15) is 25.8 Å². The van der Waals surface area contributed by atoms with Crippen molar-refractivity contribution in [3.63, 3.8) is 0 Å². The molecule has 0 spiro atoms. The number of rotatable bonds is 6. The number of nitrogens with one attached hydrogen (secondary N) is 1. The van der Waals surface area contributed by atoms with Crippen molar-refractivity contribution in [2.45, 2.75) is 44.8 Å². The molecule has 0 radical (unpaired) electrons. The molecule has 1 heterocycles. The van der Waals surface area contributed by atoms with Crippen molar-refractivity contribution in [2.75, 3.05) is 25.1 Å². The van der Waals surface area contributed by atoms with E-state index in [1.807, 2.05) is 11.8 Å². The van der Waals surface area contributed by atoms with Crippen LogP contribution in [0.5, 0.6) is 0 Å². The Morgan fingerprint density at radius 2 is 2.10 bits per heavy atom. The minimum Gasteiger partial charge on any atom is -0.311 e. The molecule has 1 fully saturated rings. The number of hydrogen-bond donors (Lipinski definition) is 1. The summed E-state index contributed by atoms with van der Waals surface area (Å²) >= 11 is 1.96. The third-order valence-corrected chi connectivity index (χ3v) is 4.97. The van der Waals surface area contributed by atoms with E-state index in [1.54, 1.807) is 0 Å². The number of nitrogens with zero attached hydrogens (tertiary/aromatic N) is 1. The largest absolute Gasteiger partial charge is 0.311 e. The Morgan fingerprint density at radius 3 is 2.80 bits per heavy atom. The Balaban J connectivity index is 1.90. The fourth-order valence-corrected chi connectivity index (χ4v) is 3.63. The number of benzene rings is 1. The van der Waals surface area contributed by atoms with E-state index in [0.29, 0.717) is 18.1 Å². The first-order chi connectivity index (χ1) is 9.70. The van der Waals surface area contributed by atoms with Crippen LogP contribution in [0, 0.1) is 0 Å². The molecule has 112 valence electrons. The molecular weight excluding hydrogens is 264 g/mol. The average Bonchev–Trinajstić information content (AvgIpc) is 2.48. The zero-order valence-corrected chi connectivity index (χ0v) is 13.8. The SMILES string of the molecule is CSCCC(C)N1CC(Cc2ccccc2)NCC1C. The van der Waals surface area contributed by atoms with Crippen molar-refractivity contribution in [3.05, 3.63) is 35.9 Å². The van der Waals surface area contributed by atoms with Crippen LogP contribution >= 0.6 is 11.8 Å². The highest BCUT2D eigenvalue weighted by molar-refractivity contribution is 7.98. The van der Waals surface area contributed by atoms with Crippen LogP contribution in [0.25, 0.3) is 0 Å². The minimum atomic E-state index is 0.588. The molecule has 1 N–H and O–H groups in total. The second kappa shape index (κ2) is 8.06. The molecule has 3 unspecified atom stereocenters. The average molecular weight is 292 g/mol. The van der Waals surface area contributed by atoms with E-state index < -0.39 is 0 Å². The van der Waals surface area contributed by atoms with Crippen molar-refractivity contribution < 1.29 is 0 Å². The summed E-state index contributed by atoms with van der Waals surface area (Å²) in [6.45, 7) is 7.02. The summed E-state index contributed by atoms with van der Waals surface area (Å²) in [4.78, 5) is 2.69. The van der Waals surface area contributed by atoms with Gasteiger partial charge >= 0.3 is 0 Å². The molecule has 3 atom stereocenters. The van der Waals surface area contributed by atoms with E-state index in [2.05, 4.69) is 60.7 Å². The van der Waals surface area contributed by atoms with Crippen molar-refractivity contribution in [3.8, 4) is 0 Å². The van der Waals surface area contributed by atoms with Crippen LogP contribution in [0.2, 0.25) is 0 Å². The van der Waals surface area contributed by atoms with Crippen molar-refractivity contribution in [2.24, 2.45) is 0 Å². The lowest BCUT2D eigenvalue weighted by atomic mass is 10.00. The standard InChI is InChI=1S/C17H28N2S/c1-14(9-10-20-3)19-13-17(18-12-15(19)2)11-16-7-5-4-6-8-16/h4-8,14-15,17-18H,9-13H2,1-3H3. The number of hydrogen-bond acceptors (Lipinski definition) is 3. The van der Waals surface area contributed by atoms with Gasteiger partial charge in [-0.2, -0.15) is 11.8 Å². The molecule has 1 aromatic carbocycles. The molecule has 3 heteroatoms. The third-order valence-electron chi connectivity index (χ3n) is 4.33. The first-order valence-corrected chi connectivity index (χ1v) is 9.12. The lowest BCUT2D eigenvalue weighted by Gasteiger charge is -2.42. The van der Waals surface area contributed by atoms with E-state index in [9.17, 15) is 0 Å². The summed E-state index contributed by atoms with van der Waals surface area (Å²) in [7, 11) is 0. The Bertz CT molecular complexity index is 382. The van der Waals surface area contributed by atoms with Gasteiger partial charge in [-0.3, -0.25) is 4.90 Å². The zero-order chi connectivity index (χ0) is 14.4. The maximum atomic E-state index is 3.71. The molecule has 1 aliphatic heterocycles. The van der Waals surface area contributed by atoms with Gasteiger partial charge in [-0.15, -0.1) is 0 Å². The van der Waals surface area contributed by atoms with Gasteiger partial charge in [0.15, 0.2) is 0 Å². The predicted molar refractivity (Wildman–Crippen MR) is 90.6 cm³/mol. The van der Waals surface area contributed by atoms with Crippen molar-refractivity contribution in [1.29, 1.82) is 0 Å². The molecular formula is C17H28N2S. The van der Waals surface area contributed by atoms with Gasteiger partial charge in [0.25, 0.3) is 0 Å². The van der Waals surface area contributed by atoms with Gasteiger partial charge in [-0.05, 0) is 44.3 Å². The Labute approximate surface area is 128 Å². The maximum absolute atomic E-state index is 3.71. The summed E-state index contributed by atoms with van der Waals surface area (Å²) < 4.78 is 0. The van der Waals surface area contributed by atoms with E-state index in [4.69, 9.17) is 0 Å². The molecule has 1 aliphatic rings. The highest BCUT2D eigenvalue weighted by Crippen LogP contribution is 2.17. The topological polar surface area (TPSA) is 15.3 Å². The van der Waals surface area contributed by atoms with Crippen molar-refractivity contribution in [1.82, 2.24) is 10.2 Å². The lowest BCUT2D eigenvalue weighted by molar-refractivity contribution is 0.0971. The number of thioether (sulfide) groups is 1. The summed E-state index contributed by atoms with van der Waals surface area (Å²) in [6.07, 6.45) is 4.63. The van der Waals surface area contributed by atoms with E-state index >= 15 is 0 Å². The smallest absolute Gasteiger partial charge is 0.0236 e. The Hall–Kier alpha value is -0.510. The van der Waals surface area contributed by atoms with E-state index in [0.717, 1.165) is 13.0 Å². The van der Waals surface area contributed by atoms with Crippen LogP contribution in [-0.4, -0.2) is 48.1 Å². The van der Waals surface area contributed by atoms with Crippen LogP contribution in [0.3, 0.4) is 0 Å². The first kappa shape index (κ1) is 15.9. The summed E-state index contributed by atoms with van der Waals surface area (Å²) in [5.41, 5.74) is 1.44. The molecule has 0 aromatic heterocycles. The summed E-state index contributed by atoms with van der Waals surface area (Å²) in [6, 6.07) is 12.8. The zero-order valence-electron chi connectivity index (χ0n) is 13.0. The Kier molecular flexibility index (Phi) is 6.40. The fourth-order valence-electron chi connectivity index (χ4n) is 3.06. The fraction of sp³-hybridized carbons (Fsp3) is 0.647. The van der Waals surface area contributed by atoms with Gasteiger partial charge in [-0.1, -0.05) is 30.3 Å². The van der Waals surface area contributed by atoms with E-state index in [-0.39, 0.29) is 0 Å². The molecule has 0 aliphatic carbocycles. The molecule has 0 amide bonds. The van der Waals surface area contributed by atoms with Gasteiger partial charge in [0.2, 0.25) is 0 Å². The molecule has 1 aromatic rings.